The Hall–Kier alpha value is -0.640. The number of hydrogen-bond acceptors (Lipinski definition) is 3. The normalized spacial score (nSPS) is 16.2. The Morgan fingerprint density at radius 2 is 2.46 bits per heavy atom. The monoisotopic (exact) mass is 197 g/mol. The maximum Gasteiger partial charge on any atom is 0.117 e. The van der Waals surface area contributed by atoms with E-state index < -0.39 is 0 Å². The van der Waals surface area contributed by atoms with Gasteiger partial charge in [-0.25, -0.2) is 0 Å². The molecule has 0 aliphatic carbocycles. The fourth-order valence-electron chi connectivity index (χ4n) is 1.58. The molecule has 0 spiro atoms. The third-order valence-electron chi connectivity index (χ3n) is 2.24. The van der Waals surface area contributed by atoms with Crippen molar-refractivity contribution in [1.29, 1.82) is 0 Å². The predicted octanol–water partition coefficient (Wildman–Crippen LogP) is 2.12. The van der Waals surface area contributed by atoms with Crippen LogP contribution in [0.1, 0.15) is 19.0 Å². The lowest BCUT2D eigenvalue weighted by molar-refractivity contribution is 0.602. The van der Waals surface area contributed by atoms with Crippen LogP contribution < -0.4 is 5.32 Å². The molecule has 0 radical (unpaired) electrons. The van der Waals surface area contributed by atoms with Gasteiger partial charge in [0.2, 0.25) is 0 Å². The molecule has 1 N–H and O–H groups in total. The van der Waals surface area contributed by atoms with Crippen LogP contribution in [0.25, 0.3) is 0 Å². The first-order chi connectivity index (χ1) is 6.33. The number of thioether (sulfide) groups is 1. The summed E-state index contributed by atoms with van der Waals surface area (Å²) in [4.78, 5) is 0. The van der Waals surface area contributed by atoms with Crippen LogP contribution in [-0.4, -0.2) is 22.1 Å². The van der Waals surface area contributed by atoms with Crippen molar-refractivity contribution in [3.8, 4) is 0 Å². The number of hydrogen-bond donors (Lipinski definition) is 1. The van der Waals surface area contributed by atoms with Gasteiger partial charge in [0.25, 0.3) is 0 Å². The Balaban J connectivity index is 2.42. The van der Waals surface area contributed by atoms with E-state index >= 15 is 0 Å². The van der Waals surface area contributed by atoms with Crippen LogP contribution in [0.5, 0.6) is 0 Å². The molecule has 0 unspecified atom stereocenters. The Bertz CT molecular complexity index is 306. The molecule has 0 atom stereocenters. The largest absolute Gasteiger partial charge is 0.381 e. The van der Waals surface area contributed by atoms with Gasteiger partial charge in [-0.05, 0) is 20.3 Å². The molecule has 1 aliphatic heterocycles. The summed E-state index contributed by atoms with van der Waals surface area (Å²) < 4.78 is 2.09. The van der Waals surface area contributed by atoms with E-state index in [1.165, 1.54) is 22.9 Å². The number of nitrogens with zero attached hydrogens (tertiary/aromatic N) is 2. The van der Waals surface area contributed by atoms with E-state index in [1.807, 2.05) is 11.8 Å². The quantitative estimate of drug-likeness (QED) is 0.748. The molecule has 2 heterocycles. The summed E-state index contributed by atoms with van der Waals surface area (Å²) in [7, 11) is 0. The molecule has 13 heavy (non-hydrogen) atoms. The summed E-state index contributed by atoms with van der Waals surface area (Å²) in [6, 6.07) is 0. The SMILES string of the molecule is CCn1nc(C)c2c1SCCCN2. The van der Waals surface area contributed by atoms with Gasteiger partial charge in [-0.15, -0.1) is 11.8 Å². The molecule has 0 fully saturated rings. The van der Waals surface area contributed by atoms with Crippen molar-refractivity contribution in [2.24, 2.45) is 0 Å². The van der Waals surface area contributed by atoms with Gasteiger partial charge in [-0.2, -0.15) is 5.10 Å². The van der Waals surface area contributed by atoms with Crippen LogP contribution >= 0.6 is 11.8 Å². The van der Waals surface area contributed by atoms with E-state index in [4.69, 9.17) is 0 Å². The lowest BCUT2D eigenvalue weighted by Crippen LogP contribution is -2.00. The van der Waals surface area contributed by atoms with Gasteiger partial charge in [-0.3, -0.25) is 4.68 Å². The summed E-state index contributed by atoms with van der Waals surface area (Å²) in [6.45, 7) is 6.25. The van der Waals surface area contributed by atoms with Gasteiger partial charge in [0.15, 0.2) is 0 Å². The maximum absolute atomic E-state index is 4.49. The van der Waals surface area contributed by atoms with Gasteiger partial charge in [-0.1, -0.05) is 0 Å². The summed E-state index contributed by atoms with van der Waals surface area (Å²) in [5.74, 6) is 1.20. The average molecular weight is 197 g/mol. The summed E-state index contributed by atoms with van der Waals surface area (Å²) in [5, 5.41) is 9.25. The van der Waals surface area contributed by atoms with Gasteiger partial charge in [0.05, 0.1) is 11.4 Å². The van der Waals surface area contributed by atoms with Gasteiger partial charge in [0, 0.05) is 18.8 Å². The second-order valence-corrected chi connectivity index (χ2v) is 4.29. The topological polar surface area (TPSA) is 29.9 Å². The zero-order valence-corrected chi connectivity index (χ0v) is 8.95. The number of anilines is 1. The first-order valence-corrected chi connectivity index (χ1v) is 5.75. The van der Waals surface area contributed by atoms with Crippen molar-refractivity contribution < 1.29 is 0 Å². The molecule has 4 heteroatoms. The summed E-state index contributed by atoms with van der Waals surface area (Å²) >= 11 is 1.92. The molecule has 1 aromatic rings. The average Bonchev–Trinajstić information content (AvgIpc) is 2.38. The predicted molar refractivity (Wildman–Crippen MR) is 56.5 cm³/mol. The van der Waals surface area contributed by atoms with E-state index in [0.29, 0.717) is 0 Å². The van der Waals surface area contributed by atoms with E-state index in [9.17, 15) is 0 Å². The second kappa shape index (κ2) is 3.62. The molecule has 2 rings (SSSR count). The smallest absolute Gasteiger partial charge is 0.117 e. The minimum absolute atomic E-state index is 0.963. The van der Waals surface area contributed by atoms with Crippen LogP contribution in [0.4, 0.5) is 5.69 Å². The van der Waals surface area contributed by atoms with Crippen LogP contribution in [0.15, 0.2) is 5.03 Å². The number of aryl methyl sites for hydroxylation is 2. The number of rotatable bonds is 1. The number of nitrogens with one attached hydrogen (secondary N) is 1. The lowest BCUT2D eigenvalue weighted by atomic mass is 10.4. The standard InChI is InChI=1S/C9H15N3S/c1-3-12-9-8(7(2)11-12)10-5-4-6-13-9/h10H,3-6H2,1-2H3. The van der Waals surface area contributed by atoms with E-state index in [-0.39, 0.29) is 0 Å². The fraction of sp³-hybridized carbons (Fsp3) is 0.667. The molecule has 3 nitrogen and oxygen atoms in total. The Morgan fingerprint density at radius 1 is 1.62 bits per heavy atom. The van der Waals surface area contributed by atoms with Crippen molar-refractivity contribution >= 4 is 17.4 Å². The van der Waals surface area contributed by atoms with E-state index in [1.54, 1.807) is 0 Å². The highest BCUT2D eigenvalue weighted by atomic mass is 32.2. The molecule has 0 saturated carbocycles. The Morgan fingerprint density at radius 3 is 3.23 bits per heavy atom. The zero-order valence-electron chi connectivity index (χ0n) is 8.13. The van der Waals surface area contributed by atoms with Crippen molar-refractivity contribution in [1.82, 2.24) is 9.78 Å². The van der Waals surface area contributed by atoms with Crippen molar-refractivity contribution in [2.45, 2.75) is 31.8 Å². The highest BCUT2D eigenvalue weighted by molar-refractivity contribution is 7.99. The Labute approximate surface area is 82.9 Å². The lowest BCUT2D eigenvalue weighted by Gasteiger charge is -2.02. The van der Waals surface area contributed by atoms with Crippen LogP contribution in [0.2, 0.25) is 0 Å². The molecule has 0 bridgehead atoms. The van der Waals surface area contributed by atoms with Crippen molar-refractivity contribution in [3.63, 3.8) is 0 Å². The van der Waals surface area contributed by atoms with Gasteiger partial charge < -0.3 is 5.32 Å². The van der Waals surface area contributed by atoms with E-state index in [0.717, 1.165) is 18.8 Å². The molecule has 0 saturated heterocycles. The van der Waals surface area contributed by atoms with Crippen LogP contribution in [0, 0.1) is 6.92 Å². The molecular weight excluding hydrogens is 182 g/mol. The van der Waals surface area contributed by atoms with Crippen molar-refractivity contribution in [2.75, 3.05) is 17.6 Å². The minimum Gasteiger partial charge on any atom is -0.381 e. The minimum atomic E-state index is 0.963. The highest BCUT2D eigenvalue weighted by Crippen LogP contribution is 2.32. The molecule has 72 valence electrons. The first-order valence-electron chi connectivity index (χ1n) is 4.77. The molecule has 0 amide bonds. The van der Waals surface area contributed by atoms with Crippen LogP contribution in [0.3, 0.4) is 0 Å². The van der Waals surface area contributed by atoms with Crippen molar-refractivity contribution in [3.05, 3.63) is 5.69 Å². The zero-order chi connectivity index (χ0) is 9.26. The summed E-state index contributed by atoms with van der Waals surface area (Å²) in [6.07, 6.45) is 1.24. The van der Waals surface area contributed by atoms with E-state index in [2.05, 4.69) is 28.9 Å². The third kappa shape index (κ3) is 1.55. The fourth-order valence-corrected chi connectivity index (χ4v) is 2.74. The number of fused-ring (bicyclic) bond motifs is 1. The van der Waals surface area contributed by atoms with Crippen LogP contribution in [-0.2, 0) is 6.54 Å². The third-order valence-corrected chi connectivity index (χ3v) is 3.42. The van der Waals surface area contributed by atoms with Gasteiger partial charge in [0.1, 0.15) is 5.03 Å². The molecule has 1 aliphatic rings. The summed E-state index contributed by atoms with van der Waals surface area (Å²) in [5.41, 5.74) is 2.38. The first kappa shape index (κ1) is 8.94. The highest BCUT2D eigenvalue weighted by Gasteiger charge is 2.16. The number of aromatic nitrogens is 2. The molecule has 1 aromatic heterocycles. The molecular formula is C9H15N3S. The van der Waals surface area contributed by atoms with Gasteiger partial charge >= 0.3 is 0 Å². The molecule has 0 aromatic carbocycles. The second-order valence-electron chi connectivity index (χ2n) is 3.21. The Kier molecular flexibility index (Phi) is 2.49. The maximum atomic E-state index is 4.49.